The number of ether oxygens (including phenoxy) is 2. The highest BCUT2D eigenvalue weighted by Crippen LogP contribution is 2.65. The molecule has 0 bridgehead atoms. The Bertz CT molecular complexity index is 2090. The Balaban J connectivity index is 1.08. The van der Waals surface area contributed by atoms with Crippen LogP contribution in [0.4, 0.5) is 16.0 Å². The van der Waals surface area contributed by atoms with Gasteiger partial charge >= 0.3 is 13.6 Å². The van der Waals surface area contributed by atoms with Gasteiger partial charge in [0.25, 0.3) is 0 Å². The molecule has 3 aliphatic heterocycles. The lowest BCUT2D eigenvalue weighted by Gasteiger charge is -2.29. The molecule has 8 rings (SSSR count). The quantitative estimate of drug-likeness (QED) is 0.150. The first-order valence-electron chi connectivity index (χ1n) is 13.6. The van der Waals surface area contributed by atoms with Crippen molar-refractivity contribution in [2.45, 2.75) is 49.0 Å². The molecule has 4 N–H and O–H groups in total. The van der Waals surface area contributed by atoms with Gasteiger partial charge < -0.3 is 25.5 Å². The SMILES string of the molecule is C#S[P@]1(=O)OC[C@H]2O[C@@H](n3cnc4c(N)nc(Cl)nc43)C(F)C2O[P@](=O)(S)OC[C@H]2OC3C(C2O1)[C@@H]3n1cnc2c(N)nc(Cl)nc21. The van der Waals surface area contributed by atoms with Crippen molar-refractivity contribution in [2.24, 2.45) is 5.92 Å². The van der Waals surface area contributed by atoms with Gasteiger partial charge in [-0.2, -0.15) is 19.9 Å². The standard InChI is InChI=1S/C22H21Cl2FN10O8P2S2/c1-47-45(37)39-3-7-14(9(25)20(41-7)35-5-29-11-17(27)31-22(24)33-19(11)35)42-44(36,46)38-2-6-13(43-45)8-12(15(8)40-6)34-4-28-10-16(26)30-21(23)32-18(10)34/h1,4-9,12-15,20H,2-3H2,(H,36,46)(H2,26,30,32)(H2,27,31,33)/t6-,7-,8?,9?,12+,13?,14?,15?,20-,44-,45-/m1/s1. The van der Waals surface area contributed by atoms with E-state index in [1.807, 2.05) is 0 Å². The number of halogens is 3. The van der Waals surface area contributed by atoms with E-state index in [2.05, 4.69) is 42.2 Å². The first-order valence-corrected chi connectivity index (χ1v) is 20.1. The Kier molecular flexibility index (Phi) is 7.77. The van der Waals surface area contributed by atoms with Crippen molar-refractivity contribution in [3.63, 3.8) is 0 Å². The van der Waals surface area contributed by atoms with E-state index in [1.54, 1.807) is 4.57 Å². The summed E-state index contributed by atoms with van der Waals surface area (Å²) >= 11 is 16.1. The fraction of sp³-hybridized carbons (Fsp3) is 0.500. The predicted octanol–water partition coefficient (Wildman–Crippen LogP) is 3.60. The van der Waals surface area contributed by atoms with E-state index >= 15 is 4.39 Å². The smallest absolute Gasteiger partial charge is 0.382 e. The van der Waals surface area contributed by atoms with Crippen molar-refractivity contribution in [2.75, 3.05) is 24.7 Å². The monoisotopic (exact) mass is 768 g/mol. The zero-order chi connectivity index (χ0) is 33.0. The number of nitrogens with two attached hydrogens (primary N) is 2. The highest BCUT2D eigenvalue weighted by molar-refractivity contribution is 8.48. The van der Waals surface area contributed by atoms with E-state index in [0.717, 1.165) is 0 Å². The van der Waals surface area contributed by atoms with Crippen LogP contribution in [0.15, 0.2) is 12.7 Å². The molecular formula is C22H21Cl2FN10O8P2S2. The number of imidazole rings is 2. The summed E-state index contributed by atoms with van der Waals surface area (Å²) in [5, 5.41) is -0.288. The number of hydrogen-bond acceptors (Lipinski definition) is 16. The number of rotatable bonds is 2. The Hall–Kier alpha value is -2.22. The molecule has 47 heavy (non-hydrogen) atoms. The second-order valence-corrected chi connectivity index (χ2v) is 18.0. The molecule has 0 aromatic carbocycles. The average molecular weight is 769 g/mol. The first kappa shape index (κ1) is 32.0. The molecule has 18 nitrogen and oxygen atoms in total. The van der Waals surface area contributed by atoms with Gasteiger partial charge in [0.15, 0.2) is 35.3 Å². The average Bonchev–Trinajstić information content (AvgIpc) is 3.40. The van der Waals surface area contributed by atoms with Gasteiger partial charge in [-0.15, -0.1) is 0 Å². The molecule has 7 heterocycles. The molecule has 1 aliphatic carbocycles. The third-order valence-corrected chi connectivity index (χ3v) is 12.7. The number of alkyl halides is 1. The molecular weight excluding hydrogens is 748 g/mol. The van der Waals surface area contributed by atoms with Crippen molar-refractivity contribution in [1.29, 1.82) is 0 Å². The van der Waals surface area contributed by atoms with E-state index in [1.165, 1.54) is 17.2 Å². The van der Waals surface area contributed by atoms with Crippen LogP contribution in [0, 0.1) is 11.6 Å². The van der Waals surface area contributed by atoms with Gasteiger partial charge in [-0.3, -0.25) is 22.7 Å². The van der Waals surface area contributed by atoms with Crippen LogP contribution in [0.2, 0.25) is 10.6 Å². The summed E-state index contributed by atoms with van der Waals surface area (Å²) in [6.45, 7) is -9.43. The van der Waals surface area contributed by atoms with Crippen LogP contribution in [0.1, 0.15) is 12.3 Å². The number of anilines is 2. The minimum absolute atomic E-state index is 0.0418. The maximum Gasteiger partial charge on any atom is 0.418 e. The zero-order valence-electron chi connectivity index (χ0n) is 23.2. The van der Waals surface area contributed by atoms with Crippen molar-refractivity contribution < 1.29 is 41.1 Å². The summed E-state index contributed by atoms with van der Waals surface area (Å²) in [7, 11) is 0.332. The number of hydrogen-bond donors (Lipinski definition) is 3. The molecule has 250 valence electrons. The molecule has 4 fully saturated rings. The fourth-order valence-corrected chi connectivity index (χ4v) is 9.85. The number of thiol groups is 1. The van der Waals surface area contributed by atoms with E-state index in [0.29, 0.717) is 22.0 Å². The van der Waals surface area contributed by atoms with Gasteiger partial charge in [0, 0.05) is 5.92 Å². The maximum absolute atomic E-state index is 16.1. The Morgan fingerprint density at radius 3 is 2.15 bits per heavy atom. The second-order valence-electron chi connectivity index (χ2n) is 10.9. The van der Waals surface area contributed by atoms with E-state index in [-0.39, 0.29) is 33.4 Å². The molecule has 0 spiro atoms. The maximum atomic E-state index is 16.1. The molecule has 25 heteroatoms. The topological polar surface area (TPSA) is 229 Å². The molecule has 4 aromatic rings. The number of fused-ring (bicyclic) bond motifs is 6. The number of aromatic nitrogens is 8. The third kappa shape index (κ3) is 5.42. The van der Waals surface area contributed by atoms with Crippen molar-refractivity contribution >= 4 is 93.8 Å². The molecule has 5 unspecified atom stereocenters. The molecule has 0 radical (unpaired) electrons. The Morgan fingerprint density at radius 1 is 0.894 bits per heavy atom. The molecule has 1 saturated carbocycles. The molecule has 4 aliphatic rings. The van der Waals surface area contributed by atoms with Crippen LogP contribution < -0.4 is 11.5 Å². The van der Waals surface area contributed by atoms with Gasteiger partial charge in [-0.1, -0.05) is 17.9 Å². The zero-order valence-corrected chi connectivity index (χ0v) is 28.2. The first-order chi connectivity index (χ1) is 22.4. The second kappa shape index (κ2) is 11.4. The lowest BCUT2D eigenvalue weighted by atomic mass is 10.1. The van der Waals surface area contributed by atoms with E-state index < -0.39 is 81.7 Å². The Morgan fingerprint density at radius 2 is 1.49 bits per heavy atom. The largest absolute Gasteiger partial charge is 0.418 e. The lowest BCUT2D eigenvalue weighted by Crippen LogP contribution is -2.36. The van der Waals surface area contributed by atoms with Gasteiger partial charge in [0.1, 0.15) is 35.4 Å². The normalized spacial score (nSPS) is 38.7. The van der Waals surface area contributed by atoms with Crippen molar-refractivity contribution in [3.05, 3.63) is 23.2 Å². The molecule has 0 amide bonds. The highest BCUT2D eigenvalue weighted by Gasteiger charge is 2.67. The van der Waals surface area contributed by atoms with Crippen molar-refractivity contribution in [3.8, 4) is 5.69 Å². The number of nitrogen functional groups attached to an aromatic ring is 2. The lowest BCUT2D eigenvalue weighted by molar-refractivity contribution is -0.0536. The van der Waals surface area contributed by atoms with Gasteiger partial charge in [-0.05, 0) is 34.0 Å². The van der Waals surface area contributed by atoms with Crippen LogP contribution >= 0.6 is 59.8 Å². The summed E-state index contributed by atoms with van der Waals surface area (Å²) in [5.74, 6) is -0.387. The summed E-state index contributed by atoms with van der Waals surface area (Å²) in [4.78, 5) is 24.5. The number of nitrogens with zero attached hydrogens (tertiary/aromatic N) is 8. The summed E-state index contributed by atoms with van der Waals surface area (Å²) < 4.78 is 81.4. The molecule has 4 aromatic heterocycles. The van der Waals surface area contributed by atoms with E-state index in [9.17, 15) is 9.13 Å². The van der Waals surface area contributed by atoms with Gasteiger partial charge in [-0.25, -0.2) is 23.5 Å². The minimum atomic E-state index is -4.28. The molecule has 11 atom stereocenters. The predicted molar refractivity (Wildman–Crippen MR) is 168 cm³/mol. The summed E-state index contributed by atoms with van der Waals surface area (Å²) in [6.07, 6.45) is -6.06. The van der Waals surface area contributed by atoms with Crippen molar-refractivity contribution in [1.82, 2.24) is 39.0 Å². The minimum Gasteiger partial charge on any atom is -0.382 e. The van der Waals surface area contributed by atoms with Gasteiger partial charge in [0.05, 0.1) is 38.0 Å². The highest BCUT2D eigenvalue weighted by atomic mass is 35.5. The molecule has 3 saturated heterocycles. The third-order valence-electron chi connectivity index (χ3n) is 8.19. The van der Waals surface area contributed by atoms with Gasteiger partial charge in [0.2, 0.25) is 10.6 Å². The Labute approximate surface area is 281 Å². The van der Waals surface area contributed by atoms with Crippen LogP contribution in [-0.2, 0) is 36.7 Å². The van der Waals surface area contributed by atoms with E-state index in [4.69, 9.17) is 67.9 Å². The summed E-state index contributed by atoms with van der Waals surface area (Å²) in [5.41, 5.74) is 18.5. The van der Waals surface area contributed by atoms with Crippen LogP contribution in [0.5, 0.6) is 0 Å². The summed E-state index contributed by atoms with van der Waals surface area (Å²) in [6, 6.07) is -0.401. The van der Waals surface area contributed by atoms with Crippen LogP contribution in [0.3, 0.4) is 0 Å². The van der Waals surface area contributed by atoms with Crippen LogP contribution in [0.25, 0.3) is 22.3 Å². The fourth-order valence-electron chi connectivity index (χ4n) is 6.14. The van der Waals surface area contributed by atoms with Crippen LogP contribution in [-0.4, -0.2) is 88.9 Å².